The first kappa shape index (κ1) is 17.6. The van der Waals surface area contributed by atoms with Crippen molar-refractivity contribution < 1.29 is 4.79 Å². The number of amides is 1. The Kier molecular flexibility index (Phi) is 8.47. The molecule has 0 spiro atoms. The van der Waals surface area contributed by atoms with E-state index in [-0.39, 0.29) is 30.7 Å². The number of rotatable bonds is 3. The second kappa shape index (κ2) is 8.66. The maximum atomic E-state index is 10.8. The fourth-order valence-electron chi connectivity index (χ4n) is 1.68. The maximum absolute atomic E-state index is 10.8. The Morgan fingerprint density at radius 2 is 2.17 bits per heavy atom. The van der Waals surface area contributed by atoms with Gasteiger partial charge in [-0.05, 0) is 0 Å². The van der Waals surface area contributed by atoms with Crippen molar-refractivity contribution in [2.24, 2.45) is 0 Å². The van der Waals surface area contributed by atoms with Gasteiger partial charge in [-0.1, -0.05) is 0 Å². The van der Waals surface area contributed by atoms with Crippen LogP contribution in [0.2, 0.25) is 0 Å². The van der Waals surface area contributed by atoms with Crippen LogP contribution in [-0.2, 0) is 11.3 Å². The Morgan fingerprint density at radius 1 is 1.50 bits per heavy atom. The number of thiazole rings is 1. The molecule has 0 aliphatic carbocycles. The van der Waals surface area contributed by atoms with Gasteiger partial charge in [0.05, 0.1) is 0 Å². The van der Waals surface area contributed by atoms with Gasteiger partial charge in [-0.3, -0.25) is 9.69 Å². The number of hydrogen-bond acceptors (Lipinski definition) is 5. The van der Waals surface area contributed by atoms with Crippen LogP contribution in [0.3, 0.4) is 0 Å². The number of halogens is 2. The van der Waals surface area contributed by atoms with Gasteiger partial charge < -0.3 is 10.6 Å². The summed E-state index contributed by atoms with van der Waals surface area (Å²) in [7, 11) is 0. The molecule has 8 heteroatoms. The van der Waals surface area contributed by atoms with Crippen LogP contribution in [-0.4, -0.2) is 42.0 Å². The molecule has 1 fully saturated rings. The number of nitrogens with one attached hydrogen (secondary N) is 2. The van der Waals surface area contributed by atoms with E-state index in [0.717, 1.165) is 32.7 Å². The number of hydrogen-bond donors (Lipinski definition) is 2. The largest absolute Gasteiger partial charge is 0.314 e. The van der Waals surface area contributed by atoms with Gasteiger partial charge in [-0.15, -0.1) is 36.2 Å². The molecule has 1 aromatic heterocycles. The molecule has 0 saturated carbocycles. The van der Waals surface area contributed by atoms with Crippen molar-refractivity contribution in [2.45, 2.75) is 13.5 Å². The molecule has 2 rings (SSSR count). The van der Waals surface area contributed by atoms with Crippen molar-refractivity contribution in [1.82, 2.24) is 15.2 Å². The average Bonchev–Trinajstić information content (AvgIpc) is 2.66. The minimum atomic E-state index is -0.0666. The Bertz CT molecular complexity index is 369. The molecule has 0 radical (unpaired) electrons. The Morgan fingerprint density at radius 3 is 2.78 bits per heavy atom. The molecule has 1 aliphatic heterocycles. The van der Waals surface area contributed by atoms with Crippen LogP contribution in [0.25, 0.3) is 0 Å². The van der Waals surface area contributed by atoms with E-state index in [4.69, 9.17) is 0 Å². The molecule has 0 atom stereocenters. The molecule has 0 bridgehead atoms. The van der Waals surface area contributed by atoms with Crippen molar-refractivity contribution in [3.8, 4) is 0 Å². The smallest absolute Gasteiger partial charge is 0.223 e. The Hall–Kier alpha value is -0.400. The Balaban J connectivity index is 0.00000144. The number of carbonyl (C=O) groups is 1. The van der Waals surface area contributed by atoms with Crippen LogP contribution in [0.1, 0.15) is 11.8 Å². The zero-order chi connectivity index (χ0) is 11.4. The molecule has 0 unspecified atom stereocenters. The minimum Gasteiger partial charge on any atom is -0.314 e. The third kappa shape index (κ3) is 5.49. The quantitative estimate of drug-likeness (QED) is 0.884. The van der Waals surface area contributed by atoms with Crippen LogP contribution in [0.5, 0.6) is 0 Å². The maximum Gasteiger partial charge on any atom is 0.223 e. The summed E-state index contributed by atoms with van der Waals surface area (Å²) in [6.07, 6.45) is 1.85. The topological polar surface area (TPSA) is 57.3 Å². The Labute approximate surface area is 123 Å². The van der Waals surface area contributed by atoms with Crippen molar-refractivity contribution in [3.63, 3.8) is 0 Å². The molecule has 1 aromatic rings. The lowest BCUT2D eigenvalue weighted by atomic mass is 10.3. The summed E-state index contributed by atoms with van der Waals surface area (Å²) in [6.45, 7) is 6.69. The molecule has 1 amide bonds. The zero-order valence-corrected chi connectivity index (χ0v) is 12.6. The molecular weight excluding hydrogens is 295 g/mol. The number of nitrogens with zero attached hydrogens (tertiary/aromatic N) is 2. The first-order valence-electron chi connectivity index (χ1n) is 5.39. The number of carbonyl (C=O) groups excluding carboxylic acids is 1. The lowest BCUT2D eigenvalue weighted by Crippen LogP contribution is -2.42. The SMILES string of the molecule is CC(=O)Nc1ncc(CN2CCNCC2)s1.Cl.Cl. The van der Waals surface area contributed by atoms with Crippen molar-refractivity contribution in [3.05, 3.63) is 11.1 Å². The van der Waals surface area contributed by atoms with Crippen LogP contribution < -0.4 is 10.6 Å². The van der Waals surface area contributed by atoms with E-state index in [1.54, 1.807) is 11.3 Å². The lowest BCUT2D eigenvalue weighted by Gasteiger charge is -2.26. The predicted molar refractivity (Wildman–Crippen MR) is 79.1 cm³/mol. The summed E-state index contributed by atoms with van der Waals surface area (Å²) in [5.74, 6) is -0.0666. The first-order valence-corrected chi connectivity index (χ1v) is 6.21. The van der Waals surface area contributed by atoms with Gasteiger partial charge in [0.25, 0.3) is 0 Å². The van der Waals surface area contributed by atoms with E-state index in [9.17, 15) is 4.79 Å². The summed E-state index contributed by atoms with van der Waals surface area (Å²) >= 11 is 1.55. The molecule has 18 heavy (non-hydrogen) atoms. The molecular formula is C10H18Cl2N4OS. The number of anilines is 1. The third-order valence-electron chi connectivity index (χ3n) is 2.43. The first-order chi connectivity index (χ1) is 7.74. The van der Waals surface area contributed by atoms with Gasteiger partial charge in [0.15, 0.2) is 5.13 Å². The highest BCUT2D eigenvalue weighted by molar-refractivity contribution is 7.15. The second-order valence-corrected chi connectivity index (χ2v) is 4.95. The zero-order valence-electron chi connectivity index (χ0n) is 10.1. The third-order valence-corrected chi connectivity index (χ3v) is 3.32. The molecule has 1 saturated heterocycles. The van der Waals surface area contributed by atoms with E-state index in [1.165, 1.54) is 11.8 Å². The molecule has 2 N–H and O–H groups in total. The van der Waals surface area contributed by atoms with Crippen molar-refractivity contribution >= 4 is 47.2 Å². The minimum absolute atomic E-state index is 0. The summed E-state index contributed by atoms with van der Waals surface area (Å²) in [4.78, 5) is 18.6. The van der Waals surface area contributed by atoms with Crippen molar-refractivity contribution in [2.75, 3.05) is 31.5 Å². The van der Waals surface area contributed by atoms with Crippen molar-refractivity contribution in [1.29, 1.82) is 0 Å². The van der Waals surface area contributed by atoms with Gasteiger partial charge >= 0.3 is 0 Å². The molecule has 1 aliphatic rings. The van der Waals surface area contributed by atoms with E-state index in [1.807, 2.05) is 6.20 Å². The molecule has 5 nitrogen and oxygen atoms in total. The monoisotopic (exact) mass is 312 g/mol. The highest BCUT2D eigenvalue weighted by Crippen LogP contribution is 2.19. The van der Waals surface area contributed by atoms with Gasteiger partial charge in [-0.2, -0.15) is 0 Å². The fraction of sp³-hybridized carbons (Fsp3) is 0.600. The van der Waals surface area contributed by atoms with Crippen LogP contribution in [0.4, 0.5) is 5.13 Å². The summed E-state index contributed by atoms with van der Waals surface area (Å²) in [5.41, 5.74) is 0. The summed E-state index contributed by atoms with van der Waals surface area (Å²) in [6, 6.07) is 0. The molecule has 0 aromatic carbocycles. The number of aromatic nitrogens is 1. The highest BCUT2D eigenvalue weighted by Gasteiger charge is 2.11. The fourth-order valence-corrected chi connectivity index (χ4v) is 2.58. The van der Waals surface area contributed by atoms with E-state index in [2.05, 4.69) is 20.5 Å². The standard InChI is InChI=1S/C10H16N4OS.2ClH/c1-8(15)13-10-12-6-9(16-10)7-14-4-2-11-3-5-14;;/h6,11H,2-5,7H2,1H3,(H,12,13,15);2*1H. The lowest BCUT2D eigenvalue weighted by molar-refractivity contribution is -0.114. The van der Waals surface area contributed by atoms with E-state index in [0.29, 0.717) is 5.13 Å². The van der Waals surface area contributed by atoms with Gasteiger partial charge in [0.2, 0.25) is 5.91 Å². The van der Waals surface area contributed by atoms with Gasteiger partial charge in [0.1, 0.15) is 0 Å². The van der Waals surface area contributed by atoms with Crippen LogP contribution in [0, 0.1) is 0 Å². The number of piperazine rings is 1. The van der Waals surface area contributed by atoms with Crippen LogP contribution in [0.15, 0.2) is 6.20 Å². The molecule has 104 valence electrons. The van der Waals surface area contributed by atoms with E-state index >= 15 is 0 Å². The van der Waals surface area contributed by atoms with Gasteiger partial charge in [-0.25, -0.2) is 4.98 Å². The average molecular weight is 313 g/mol. The van der Waals surface area contributed by atoms with E-state index < -0.39 is 0 Å². The second-order valence-electron chi connectivity index (χ2n) is 3.84. The molecule has 2 heterocycles. The summed E-state index contributed by atoms with van der Waals surface area (Å²) in [5, 5.41) is 6.71. The normalized spacial score (nSPS) is 15.4. The van der Waals surface area contributed by atoms with Gasteiger partial charge in [0, 0.05) is 50.7 Å². The predicted octanol–water partition coefficient (Wildman–Crippen LogP) is 1.35. The summed E-state index contributed by atoms with van der Waals surface area (Å²) < 4.78 is 0. The van der Waals surface area contributed by atoms with Crippen LogP contribution >= 0.6 is 36.2 Å². The highest BCUT2D eigenvalue weighted by atomic mass is 35.5.